The molecular weight excluding hydrogens is 448 g/mol. The van der Waals surface area contributed by atoms with Crippen LogP contribution in [0.2, 0.25) is 0 Å². The van der Waals surface area contributed by atoms with Crippen LogP contribution in [0.15, 0.2) is 84.9 Å². The highest BCUT2D eigenvalue weighted by Gasteiger charge is 2.27. The summed E-state index contributed by atoms with van der Waals surface area (Å²) in [5.41, 5.74) is 2.32. The lowest BCUT2D eigenvalue weighted by molar-refractivity contribution is -0.142. The first-order valence-electron chi connectivity index (χ1n) is 11.1. The molecule has 0 aliphatic carbocycles. The Hall–Kier alpha value is -4.33. The van der Waals surface area contributed by atoms with E-state index in [1.165, 1.54) is 0 Å². The van der Waals surface area contributed by atoms with Crippen LogP contribution in [0.3, 0.4) is 0 Å². The van der Waals surface area contributed by atoms with Crippen LogP contribution in [0.4, 0.5) is 4.79 Å². The quantitative estimate of drug-likeness (QED) is 0.391. The highest BCUT2D eigenvalue weighted by atomic mass is 16.5. The molecule has 0 aliphatic heterocycles. The molecular formula is C27H28N2O6. The summed E-state index contributed by atoms with van der Waals surface area (Å²) >= 11 is 0. The number of carboxylic acids is 1. The van der Waals surface area contributed by atoms with Gasteiger partial charge in [-0.2, -0.15) is 0 Å². The number of ether oxygens (including phenoxy) is 2. The molecule has 3 aromatic rings. The Morgan fingerprint density at radius 3 is 1.86 bits per heavy atom. The van der Waals surface area contributed by atoms with Gasteiger partial charge in [0, 0.05) is 12.8 Å². The number of carboxylic acid groups (broad SMARTS) is 1. The van der Waals surface area contributed by atoms with Gasteiger partial charge in [-0.1, -0.05) is 72.8 Å². The van der Waals surface area contributed by atoms with Crippen LogP contribution in [-0.4, -0.2) is 42.3 Å². The van der Waals surface area contributed by atoms with Crippen molar-refractivity contribution in [1.82, 2.24) is 10.6 Å². The van der Waals surface area contributed by atoms with Crippen molar-refractivity contribution in [2.24, 2.45) is 0 Å². The lowest BCUT2D eigenvalue weighted by Crippen LogP contribution is -2.53. The zero-order valence-corrected chi connectivity index (χ0v) is 19.3. The molecule has 0 saturated carbocycles. The van der Waals surface area contributed by atoms with E-state index in [9.17, 15) is 19.5 Å². The van der Waals surface area contributed by atoms with Crippen LogP contribution in [0, 0.1) is 0 Å². The van der Waals surface area contributed by atoms with Gasteiger partial charge in [0.15, 0.2) is 0 Å². The molecule has 0 aromatic heterocycles. The Labute approximate surface area is 203 Å². The van der Waals surface area contributed by atoms with E-state index in [1.807, 2.05) is 60.7 Å². The second-order valence-corrected chi connectivity index (χ2v) is 7.90. The maximum atomic E-state index is 13.1. The number of methoxy groups -OCH3 is 1. The van der Waals surface area contributed by atoms with E-state index in [-0.39, 0.29) is 19.4 Å². The van der Waals surface area contributed by atoms with Gasteiger partial charge < -0.3 is 25.2 Å². The highest BCUT2D eigenvalue weighted by molar-refractivity contribution is 5.89. The van der Waals surface area contributed by atoms with Crippen molar-refractivity contribution in [3.8, 4) is 5.75 Å². The third kappa shape index (κ3) is 8.19. The molecule has 2 amide bonds. The van der Waals surface area contributed by atoms with Crippen LogP contribution in [0.1, 0.15) is 16.7 Å². The topological polar surface area (TPSA) is 114 Å². The van der Waals surface area contributed by atoms with Crippen molar-refractivity contribution < 1.29 is 29.0 Å². The van der Waals surface area contributed by atoms with E-state index in [0.717, 1.165) is 11.1 Å². The predicted octanol–water partition coefficient (Wildman–Crippen LogP) is 3.34. The summed E-state index contributed by atoms with van der Waals surface area (Å²) in [4.78, 5) is 37.4. The van der Waals surface area contributed by atoms with E-state index in [4.69, 9.17) is 9.47 Å². The third-order valence-electron chi connectivity index (χ3n) is 5.32. The maximum absolute atomic E-state index is 13.1. The largest absolute Gasteiger partial charge is 0.497 e. The summed E-state index contributed by atoms with van der Waals surface area (Å²) < 4.78 is 10.4. The van der Waals surface area contributed by atoms with E-state index in [0.29, 0.717) is 11.3 Å². The first kappa shape index (κ1) is 25.3. The van der Waals surface area contributed by atoms with E-state index in [2.05, 4.69) is 10.6 Å². The summed E-state index contributed by atoms with van der Waals surface area (Å²) in [7, 11) is 1.54. The first-order valence-corrected chi connectivity index (χ1v) is 11.1. The molecule has 8 nitrogen and oxygen atoms in total. The minimum atomic E-state index is -1.18. The fourth-order valence-electron chi connectivity index (χ4n) is 3.44. The fraction of sp³-hybridized carbons (Fsp3) is 0.222. The zero-order valence-electron chi connectivity index (χ0n) is 19.3. The van der Waals surface area contributed by atoms with Gasteiger partial charge in [0.05, 0.1) is 7.11 Å². The van der Waals surface area contributed by atoms with Gasteiger partial charge in [-0.05, 0) is 28.8 Å². The van der Waals surface area contributed by atoms with Crippen molar-refractivity contribution in [1.29, 1.82) is 0 Å². The number of benzene rings is 3. The fourth-order valence-corrected chi connectivity index (χ4v) is 3.44. The molecule has 3 aromatic carbocycles. The molecule has 0 aliphatic rings. The number of alkyl carbamates (subject to hydrolysis) is 1. The first-order chi connectivity index (χ1) is 16.9. The number of carbonyl (C=O) groups is 3. The standard InChI is InChI=1S/C27H28N2O6/c1-34-22-14-12-20(13-15-22)17-24(26(31)32)28-25(30)23(16-19-8-4-2-5-9-19)29-27(33)35-18-21-10-6-3-7-11-21/h2-15,23-24H,16-18H2,1H3,(H,28,30)(H,29,33)(H,31,32)/t23-,24+/m1/s1. The van der Waals surface area contributed by atoms with Crippen LogP contribution < -0.4 is 15.4 Å². The summed E-state index contributed by atoms with van der Waals surface area (Å²) in [6.45, 7) is 0.0432. The molecule has 0 heterocycles. The van der Waals surface area contributed by atoms with Crippen molar-refractivity contribution >= 4 is 18.0 Å². The summed E-state index contributed by atoms with van der Waals surface area (Å²) in [6, 6.07) is 23.0. The molecule has 3 rings (SSSR count). The third-order valence-corrected chi connectivity index (χ3v) is 5.32. The Morgan fingerprint density at radius 2 is 1.29 bits per heavy atom. The lowest BCUT2D eigenvalue weighted by atomic mass is 10.0. The second kappa shape index (κ2) is 12.8. The van der Waals surface area contributed by atoms with Gasteiger partial charge in [0.1, 0.15) is 24.4 Å². The van der Waals surface area contributed by atoms with Gasteiger partial charge in [-0.15, -0.1) is 0 Å². The van der Waals surface area contributed by atoms with Crippen LogP contribution >= 0.6 is 0 Å². The number of aliphatic carboxylic acids is 1. The van der Waals surface area contributed by atoms with Crippen molar-refractivity contribution in [2.45, 2.75) is 31.5 Å². The predicted molar refractivity (Wildman–Crippen MR) is 130 cm³/mol. The maximum Gasteiger partial charge on any atom is 0.408 e. The summed E-state index contributed by atoms with van der Waals surface area (Å²) in [6.07, 6.45) is -0.532. The number of hydrogen-bond donors (Lipinski definition) is 3. The zero-order chi connectivity index (χ0) is 25.0. The average Bonchev–Trinajstić information content (AvgIpc) is 2.88. The van der Waals surface area contributed by atoms with Crippen molar-refractivity contribution in [3.05, 3.63) is 102 Å². The minimum absolute atomic E-state index is 0.0432. The number of rotatable bonds is 11. The van der Waals surface area contributed by atoms with Crippen LogP contribution in [0.5, 0.6) is 5.75 Å². The Balaban J connectivity index is 1.68. The molecule has 35 heavy (non-hydrogen) atoms. The van der Waals surface area contributed by atoms with Crippen molar-refractivity contribution in [3.63, 3.8) is 0 Å². The van der Waals surface area contributed by atoms with Gasteiger partial charge in [-0.3, -0.25) is 4.79 Å². The molecule has 0 radical (unpaired) electrons. The van der Waals surface area contributed by atoms with E-state index in [1.54, 1.807) is 31.4 Å². The minimum Gasteiger partial charge on any atom is -0.497 e. The highest BCUT2D eigenvalue weighted by Crippen LogP contribution is 2.13. The van der Waals surface area contributed by atoms with Crippen LogP contribution in [0.25, 0.3) is 0 Å². The SMILES string of the molecule is COc1ccc(C[C@H](NC(=O)[C@@H](Cc2ccccc2)NC(=O)OCc2ccccc2)C(=O)O)cc1. The number of nitrogens with one attached hydrogen (secondary N) is 2. The van der Waals surface area contributed by atoms with E-state index >= 15 is 0 Å². The average molecular weight is 477 g/mol. The molecule has 182 valence electrons. The molecule has 0 saturated heterocycles. The summed E-state index contributed by atoms with van der Waals surface area (Å²) in [5, 5.41) is 14.8. The summed E-state index contributed by atoms with van der Waals surface area (Å²) in [5.74, 6) is -1.16. The molecule has 0 spiro atoms. The molecule has 0 unspecified atom stereocenters. The molecule has 3 N–H and O–H groups in total. The van der Waals surface area contributed by atoms with Gasteiger partial charge in [0.25, 0.3) is 0 Å². The van der Waals surface area contributed by atoms with E-state index < -0.39 is 30.1 Å². The van der Waals surface area contributed by atoms with Gasteiger partial charge >= 0.3 is 12.1 Å². The second-order valence-electron chi connectivity index (χ2n) is 7.90. The normalized spacial score (nSPS) is 12.1. The number of hydrogen-bond acceptors (Lipinski definition) is 5. The van der Waals surface area contributed by atoms with Gasteiger partial charge in [-0.25, -0.2) is 9.59 Å². The monoisotopic (exact) mass is 476 g/mol. The number of carbonyl (C=O) groups excluding carboxylic acids is 2. The van der Waals surface area contributed by atoms with Crippen molar-refractivity contribution in [2.75, 3.05) is 7.11 Å². The van der Waals surface area contributed by atoms with Crippen LogP contribution in [-0.2, 0) is 33.8 Å². The Morgan fingerprint density at radius 1 is 0.743 bits per heavy atom. The molecule has 0 fully saturated rings. The molecule has 8 heteroatoms. The Bertz CT molecular complexity index is 1100. The Kier molecular flexibility index (Phi) is 9.24. The number of amides is 2. The lowest BCUT2D eigenvalue weighted by Gasteiger charge is -2.21. The molecule has 2 atom stereocenters. The molecule has 0 bridgehead atoms. The smallest absolute Gasteiger partial charge is 0.408 e. The van der Waals surface area contributed by atoms with Gasteiger partial charge in [0.2, 0.25) is 5.91 Å².